The Morgan fingerprint density at radius 3 is 2.65 bits per heavy atom. The topological polar surface area (TPSA) is 79.8 Å². The van der Waals surface area contributed by atoms with Crippen LogP contribution >= 0.6 is 11.3 Å². The van der Waals surface area contributed by atoms with Crippen molar-refractivity contribution < 1.29 is 4.79 Å². The van der Waals surface area contributed by atoms with Gasteiger partial charge in [0.1, 0.15) is 5.82 Å². The summed E-state index contributed by atoms with van der Waals surface area (Å²) in [6.07, 6.45) is 3.71. The minimum atomic E-state index is -0.186. The van der Waals surface area contributed by atoms with Crippen LogP contribution in [0.1, 0.15) is 45.0 Å². The van der Waals surface area contributed by atoms with Crippen molar-refractivity contribution in [3.63, 3.8) is 0 Å². The Hall–Kier alpha value is -2.02. The lowest BCUT2D eigenvalue weighted by Gasteiger charge is -2.17. The molecule has 2 aromatic heterocycles. The first kappa shape index (κ1) is 17.3. The van der Waals surface area contributed by atoms with Crippen molar-refractivity contribution in [2.24, 2.45) is 0 Å². The van der Waals surface area contributed by atoms with Crippen LogP contribution in [0.2, 0.25) is 0 Å². The average molecular weight is 333 g/mol. The van der Waals surface area contributed by atoms with Gasteiger partial charge < -0.3 is 5.32 Å². The van der Waals surface area contributed by atoms with Gasteiger partial charge in [0.05, 0.1) is 0 Å². The van der Waals surface area contributed by atoms with Gasteiger partial charge in [0.2, 0.25) is 17.8 Å². The average Bonchev–Trinajstić information content (AvgIpc) is 3.03. The molecular formula is C16H23N5OS. The summed E-state index contributed by atoms with van der Waals surface area (Å²) in [5.74, 6) is 1.31. The molecule has 2 rings (SSSR count). The Bertz CT molecular complexity index is 629. The van der Waals surface area contributed by atoms with Gasteiger partial charge in [-0.05, 0) is 41.7 Å². The van der Waals surface area contributed by atoms with Crippen molar-refractivity contribution in [3.05, 3.63) is 28.2 Å². The maximum Gasteiger partial charge on any atom is 0.234 e. The highest BCUT2D eigenvalue weighted by atomic mass is 32.1. The Labute approximate surface area is 140 Å². The molecule has 0 aliphatic rings. The number of aromatic nitrogens is 3. The van der Waals surface area contributed by atoms with Crippen molar-refractivity contribution in [1.29, 1.82) is 0 Å². The van der Waals surface area contributed by atoms with E-state index in [4.69, 9.17) is 0 Å². The third-order valence-corrected chi connectivity index (χ3v) is 4.21. The molecular weight excluding hydrogens is 310 g/mol. The van der Waals surface area contributed by atoms with Crippen LogP contribution in [0, 0.1) is 0 Å². The number of carbonyl (C=O) groups excluding carboxylic acids is 1. The highest BCUT2D eigenvalue weighted by Crippen LogP contribution is 2.14. The minimum absolute atomic E-state index is 0.186. The molecule has 6 nitrogen and oxygen atoms in total. The van der Waals surface area contributed by atoms with E-state index in [1.54, 1.807) is 11.3 Å². The number of amides is 1. The summed E-state index contributed by atoms with van der Waals surface area (Å²) in [7, 11) is 0. The number of rotatable bonds is 8. The van der Waals surface area contributed by atoms with E-state index in [0.717, 1.165) is 19.3 Å². The highest BCUT2D eigenvalue weighted by molar-refractivity contribution is 7.07. The summed E-state index contributed by atoms with van der Waals surface area (Å²) in [5.41, 5.74) is 1.36. The van der Waals surface area contributed by atoms with Gasteiger partial charge in [-0.2, -0.15) is 26.3 Å². The Morgan fingerprint density at radius 1 is 1.26 bits per heavy atom. The quantitative estimate of drug-likeness (QED) is 0.775. The lowest BCUT2D eigenvalue weighted by Crippen LogP contribution is -2.22. The molecule has 0 spiro atoms. The summed E-state index contributed by atoms with van der Waals surface area (Å²) in [4.78, 5) is 24.1. The van der Waals surface area contributed by atoms with E-state index in [0.29, 0.717) is 24.1 Å². The largest absolute Gasteiger partial charge is 0.351 e. The molecule has 23 heavy (non-hydrogen) atoms. The monoisotopic (exact) mass is 333 g/mol. The molecule has 0 fully saturated rings. The predicted octanol–water partition coefficient (Wildman–Crippen LogP) is 3.28. The Kier molecular flexibility index (Phi) is 6.46. The maximum absolute atomic E-state index is 11.2. The standard InChI is InChI=1S/C16H23N5OS/c1-4-13(7-6-12-8-9-23-10-12)18-16-20-14(5-2)19-15(21-16)17-11(3)22/h8-10,13H,4-7H2,1-3H3,(H2,17,18,19,20,21,22). The molecule has 0 saturated heterocycles. The molecule has 0 radical (unpaired) electrons. The van der Waals surface area contributed by atoms with Crippen LogP contribution in [-0.4, -0.2) is 26.9 Å². The molecule has 7 heteroatoms. The van der Waals surface area contributed by atoms with Crippen molar-refractivity contribution in [3.8, 4) is 0 Å². The fourth-order valence-electron chi connectivity index (χ4n) is 2.19. The number of nitrogens with zero attached hydrogens (tertiary/aromatic N) is 3. The number of carbonyl (C=O) groups is 1. The number of thiophene rings is 1. The van der Waals surface area contributed by atoms with Crippen molar-refractivity contribution in [2.75, 3.05) is 10.6 Å². The summed E-state index contributed by atoms with van der Waals surface area (Å²) in [6, 6.07) is 2.44. The van der Waals surface area contributed by atoms with E-state index >= 15 is 0 Å². The zero-order chi connectivity index (χ0) is 16.7. The third kappa shape index (κ3) is 5.59. The van der Waals surface area contributed by atoms with Gasteiger partial charge >= 0.3 is 0 Å². The highest BCUT2D eigenvalue weighted by Gasteiger charge is 2.12. The van der Waals surface area contributed by atoms with Crippen LogP contribution in [0.25, 0.3) is 0 Å². The number of hydrogen-bond donors (Lipinski definition) is 2. The van der Waals surface area contributed by atoms with E-state index in [2.05, 4.69) is 49.3 Å². The van der Waals surface area contributed by atoms with Gasteiger partial charge in [-0.3, -0.25) is 10.1 Å². The van der Waals surface area contributed by atoms with Gasteiger partial charge in [0.25, 0.3) is 0 Å². The van der Waals surface area contributed by atoms with E-state index in [9.17, 15) is 4.79 Å². The van der Waals surface area contributed by atoms with Crippen molar-refractivity contribution in [2.45, 2.75) is 52.5 Å². The van der Waals surface area contributed by atoms with Crippen LogP contribution in [0.5, 0.6) is 0 Å². The van der Waals surface area contributed by atoms with Gasteiger partial charge in [-0.25, -0.2) is 0 Å². The molecule has 0 aliphatic heterocycles. The number of aryl methyl sites for hydroxylation is 2. The van der Waals surface area contributed by atoms with Crippen molar-refractivity contribution >= 4 is 29.1 Å². The fraction of sp³-hybridized carbons (Fsp3) is 0.500. The van der Waals surface area contributed by atoms with Crippen LogP contribution < -0.4 is 10.6 Å². The summed E-state index contributed by atoms with van der Waals surface area (Å²) in [6.45, 7) is 5.56. The predicted molar refractivity (Wildman–Crippen MR) is 93.9 cm³/mol. The zero-order valence-electron chi connectivity index (χ0n) is 13.8. The van der Waals surface area contributed by atoms with Gasteiger partial charge in [-0.15, -0.1) is 0 Å². The number of nitrogens with one attached hydrogen (secondary N) is 2. The normalized spacial score (nSPS) is 12.0. The molecule has 2 heterocycles. The molecule has 1 unspecified atom stereocenters. The van der Waals surface area contributed by atoms with Gasteiger partial charge in [0.15, 0.2) is 0 Å². The molecule has 0 saturated carbocycles. The summed E-state index contributed by atoms with van der Waals surface area (Å²) >= 11 is 1.72. The van der Waals surface area contributed by atoms with Crippen molar-refractivity contribution in [1.82, 2.24) is 15.0 Å². The molecule has 2 aromatic rings. The lowest BCUT2D eigenvalue weighted by molar-refractivity contribution is -0.114. The molecule has 1 amide bonds. The van der Waals surface area contributed by atoms with E-state index in [1.165, 1.54) is 12.5 Å². The second kappa shape index (κ2) is 8.57. The second-order valence-electron chi connectivity index (χ2n) is 5.35. The van der Waals surface area contributed by atoms with Gasteiger partial charge in [-0.1, -0.05) is 13.8 Å². The smallest absolute Gasteiger partial charge is 0.234 e. The Morgan fingerprint density at radius 2 is 2.04 bits per heavy atom. The lowest BCUT2D eigenvalue weighted by atomic mass is 10.1. The summed E-state index contributed by atoms with van der Waals surface area (Å²) < 4.78 is 0. The number of hydrogen-bond acceptors (Lipinski definition) is 6. The number of anilines is 2. The second-order valence-corrected chi connectivity index (χ2v) is 6.13. The first-order valence-electron chi connectivity index (χ1n) is 7.90. The molecule has 0 aliphatic carbocycles. The summed E-state index contributed by atoms with van der Waals surface area (Å²) in [5, 5.41) is 10.3. The molecule has 2 N–H and O–H groups in total. The fourth-order valence-corrected chi connectivity index (χ4v) is 2.90. The SMILES string of the molecule is CCc1nc(NC(C)=O)nc(NC(CC)CCc2ccsc2)n1. The van der Waals surface area contributed by atoms with Crippen LogP contribution in [0.4, 0.5) is 11.9 Å². The first-order valence-corrected chi connectivity index (χ1v) is 8.85. The van der Waals surface area contributed by atoms with E-state index in [1.807, 2.05) is 6.92 Å². The zero-order valence-corrected chi connectivity index (χ0v) is 14.6. The third-order valence-electron chi connectivity index (χ3n) is 3.47. The molecule has 0 bridgehead atoms. The molecule has 1 atom stereocenters. The van der Waals surface area contributed by atoms with Gasteiger partial charge in [0, 0.05) is 19.4 Å². The Balaban J connectivity index is 2.04. The maximum atomic E-state index is 11.2. The van der Waals surface area contributed by atoms with E-state index in [-0.39, 0.29) is 11.9 Å². The molecule has 0 aromatic carbocycles. The van der Waals surface area contributed by atoms with Crippen LogP contribution in [-0.2, 0) is 17.6 Å². The molecule has 124 valence electrons. The minimum Gasteiger partial charge on any atom is -0.351 e. The van der Waals surface area contributed by atoms with Crippen LogP contribution in [0.3, 0.4) is 0 Å². The van der Waals surface area contributed by atoms with E-state index < -0.39 is 0 Å². The first-order chi connectivity index (χ1) is 11.1. The van der Waals surface area contributed by atoms with Crippen LogP contribution in [0.15, 0.2) is 16.8 Å².